The van der Waals surface area contributed by atoms with Gasteiger partial charge in [0.15, 0.2) is 0 Å². The van der Waals surface area contributed by atoms with Crippen molar-refractivity contribution in [1.82, 2.24) is 0 Å². The summed E-state index contributed by atoms with van der Waals surface area (Å²) in [5.74, 6) is 0. The molecule has 1 radical (unpaired) electrons. The van der Waals surface area contributed by atoms with E-state index < -0.39 is 0 Å². The summed E-state index contributed by atoms with van der Waals surface area (Å²) in [5.41, 5.74) is 0. The van der Waals surface area contributed by atoms with Crippen LogP contribution in [0, 0.1) is 0 Å². The van der Waals surface area contributed by atoms with Crippen LogP contribution in [0.1, 0.15) is 0 Å². The predicted molar refractivity (Wildman–Crippen MR) is 3.33 cm³/mol. The minimum Gasteiger partial charge on any atom is -0.209 e. The van der Waals surface area contributed by atoms with Gasteiger partial charge in [-0.2, -0.15) is 0 Å². The number of hydrogen-bond acceptors (Lipinski definition) is 1. The molecule has 0 heterocycles. The van der Waals surface area contributed by atoms with E-state index >= 15 is 0 Å². The van der Waals surface area contributed by atoms with Crippen molar-refractivity contribution >= 4 is 0 Å². The van der Waals surface area contributed by atoms with Crippen molar-refractivity contribution in [3.63, 3.8) is 0 Å². The van der Waals surface area contributed by atoms with Crippen molar-refractivity contribution in [3.8, 4) is 0 Å². The molecule has 0 aliphatic carbocycles. The SMILES string of the molecule is OF.[Co].[Zn]. The van der Waals surface area contributed by atoms with Crippen LogP contribution < -0.4 is 0 Å². The second-order valence-electron chi connectivity index (χ2n) is 0. The van der Waals surface area contributed by atoms with Crippen molar-refractivity contribution in [2.24, 2.45) is 0 Å². The molecule has 0 spiro atoms. The second kappa shape index (κ2) is 35.2. The van der Waals surface area contributed by atoms with Gasteiger partial charge in [0.2, 0.25) is 0 Å². The molecule has 1 N–H and O–H groups in total. The largest absolute Gasteiger partial charge is 0.209 e. The molecule has 0 unspecified atom stereocenters. The summed E-state index contributed by atoms with van der Waals surface area (Å²) in [6, 6.07) is 0. The zero-order chi connectivity index (χ0) is 2.00. The molecule has 0 amide bonds. The Balaban J connectivity index is -0.00000000500. The summed E-state index contributed by atoms with van der Waals surface area (Å²) in [5, 5.41) is 5.50. The summed E-state index contributed by atoms with van der Waals surface area (Å²) in [7, 11) is 0. The van der Waals surface area contributed by atoms with E-state index in [1.54, 1.807) is 0 Å². The molecule has 1 nitrogen and oxygen atoms in total. The van der Waals surface area contributed by atoms with Crippen molar-refractivity contribution in [3.05, 3.63) is 0 Å². The van der Waals surface area contributed by atoms with E-state index in [1.807, 2.05) is 0 Å². The van der Waals surface area contributed by atoms with Gasteiger partial charge in [0.25, 0.3) is 0 Å². The molecule has 0 aliphatic rings. The van der Waals surface area contributed by atoms with Crippen LogP contribution in [0.3, 0.4) is 0 Å². The fourth-order valence-electron chi connectivity index (χ4n) is 0. The van der Waals surface area contributed by atoms with Crippen LogP contribution in [0.4, 0.5) is 4.53 Å². The Morgan fingerprint density at radius 3 is 1.25 bits per heavy atom. The van der Waals surface area contributed by atoms with Crippen LogP contribution in [0.2, 0.25) is 0 Å². The Labute approximate surface area is 46.4 Å². The normalized spacial score (nSPS) is 1.50. The quantitative estimate of drug-likeness (QED) is 0.489. The van der Waals surface area contributed by atoms with Crippen LogP contribution in [0.15, 0.2) is 0 Å². The fraction of sp³-hybridized carbons (Fsp3) is 0. The van der Waals surface area contributed by atoms with E-state index in [1.165, 1.54) is 0 Å². The average molecular weight is 160 g/mol. The van der Waals surface area contributed by atoms with Crippen LogP contribution in [0.25, 0.3) is 0 Å². The topological polar surface area (TPSA) is 20.2 Å². The Morgan fingerprint density at radius 1 is 1.25 bits per heavy atom. The molecule has 0 aromatic rings. The minimum atomic E-state index is 0. The standard InChI is InChI=1S/Co.FHO.Zn/c;1-2;/h;2H;. The van der Waals surface area contributed by atoms with Gasteiger partial charge in [0, 0.05) is 36.3 Å². The molecule has 0 fully saturated rings. The van der Waals surface area contributed by atoms with Crippen LogP contribution in [0.5, 0.6) is 0 Å². The maximum Gasteiger partial charge on any atom is 0 e. The maximum absolute atomic E-state index is 8.50. The summed E-state index contributed by atoms with van der Waals surface area (Å²) < 4.78 is 8.50. The van der Waals surface area contributed by atoms with Gasteiger partial charge >= 0.3 is 0 Å². The minimum absolute atomic E-state index is 0. The summed E-state index contributed by atoms with van der Waals surface area (Å²) >= 11 is 0. The van der Waals surface area contributed by atoms with Crippen LogP contribution in [-0.4, -0.2) is 5.31 Å². The Bertz CT molecular complexity index is 8.00. The fourth-order valence-corrected chi connectivity index (χ4v) is 0. The molecule has 0 atom stereocenters. The number of hydrogen-bond donors (Lipinski definition) is 1. The maximum atomic E-state index is 8.50. The zero-order valence-electron chi connectivity index (χ0n) is 1.87. The number of rotatable bonds is 0. The van der Waals surface area contributed by atoms with Gasteiger partial charge < -0.3 is 0 Å². The first kappa shape index (κ1) is 19.9. The average Bonchev–Trinajstić information content (AvgIpc) is 1.00. The molecule has 0 bridgehead atoms. The molecule has 4 heavy (non-hydrogen) atoms. The van der Waals surface area contributed by atoms with Crippen molar-refractivity contribution in [2.75, 3.05) is 0 Å². The van der Waals surface area contributed by atoms with Gasteiger partial charge in [-0.25, -0.2) is 5.31 Å². The molecule has 25 valence electrons. The Kier molecular flexibility index (Phi) is 175. The van der Waals surface area contributed by atoms with Gasteiger partial charge in [0.1, 0.15) is 0 Å². The smallest absolute Gasteiger partial charge is 0 e. The van der Waals surface area contributed by atoms with E-state index in [2.05, 4.69) is 0 Å². The van der Waals surface area contributed by atoms with Gasteiger partial charge in [-0.1, -0.05) is 4.53 Å². The Hall–Kier alpha value is 1.02. The Morgan fingerprint density at radius 2 is 1.25 bits per heavy atom. The zero-order valence-corrected chi connectivity index (χ0v) is 5.87. The summed E-state index contributed by atoms with van der Waals surface area (Å²) in [6.45, 7) is 0. The van der Waals surface area contributed by atoms with E-state index in [0.29, 0.717) is 0 Å². The van der Waals surface area contributed by atoms with Crippen molar-refractivity contribution in [1.29, 1.82) is 0 Å². The van der Waals surface area contributed by atoms with E-state index in [0.717, 1.165) is 0 Å². The van der Waals surface area contributed by atoms with E-state index in [-0.39, 0.29) is 36.3 Å². The predicted octanol–water partition coefficient (Wildman–Crippen LogP) is -0.142. The van der Waals surface area contributed by atoms with E-state index in [4.69, 9.17) is 9.84 Å². The molecular weight excluding hydrogens is 159 g/mol. The summed E-state index contributed by atoms with van der Waals surface area (Å²) in [6.07, 6.45) is 0. The van der Waals surface area contributed by atoms with Gasteiger partial charge in [-0.15, -0.1) is 0 Å². The first-order chi connectivity index (χ1) is 1.00. The van der Waals surface area contributed by atoms with Crippen molar-refractivity contribution < 1.29 is 46.1 Å². The molecular formula is HCoFOZn. The molecule has 0 saturated heterocycles. The van der Waals surface area contributed by atoms with Crippen LogP contribution >= 0.6 is 0 Å². The third-order valence-electron chi connectivity index (χ3n) is 0. The van der Waals surface area contributed by atoms with Gasteiger partial charge in [-0.3, -0.25) is 0 Å². The molecule has 0 rings (SSSR count). The number of halogens is 1. The monoisotopic (exact) mass is 159 g/mol. The van der Waals surface area contributed by atoms with Gasteiger partial charge in [0.05, 0.1) is 0 Å². The summed E-state index contributed by atoms with van der Waals surface area (Å²) in [4.78, 5) is 0. The second-order valence-corrected chi connectivity index (χ2v) is 0. The molecule has 0 aromatic heterocycles. The third kappa shape index (κ3) is 11.8. The first-order valence-corrected chi connectivity index (χ1v) is 0.169. The molecule has 4 heteroatoms. The van der Waals surface area contributed by atoms with E-state index in [9.17, 15) is 0 Å². The van der Waals surface area contributed by atoms with Crippen LogP contribution in [-0.2, 0) is 36.3 Å². The van der Waals surface area contributed by atoms with Gasteiger partial charge in [-0.05, 0) is 0 Å². The molecule has 0 aromatic carbocycles. The third-order valence-corrected chi connectivity index (χ3v) is 0. The first-order valence-electron chi connectivity index (χ1n) is 0.169. The molecule has 0 aliphatic heterocycles. The van der Waals surface area contributed by atoms with Crippen molar-refractivity contribution in [2.45, 2.75) is 0 Å². The molecule has 0 saturated carbocycles.